The molecule has 0 radical (unpaired) electrons. The number of benzene rings is 1. The average molecular weight is 395 g/mol. The van der Waals surface area contributed by atoms with Crippen molar-refractivity contribution in [3.63, 3.8) is 0 Å². The zero-order valence-corrected chi connectivity index (χ0v) is 15.9. The summed E-state index contributed by atoms with van der Waals surface area (Å²) in [5.41, 5.74) is 4.32. The molecule has 0 aliphatic carbocycles. The summed E-state index contributed by atoms with van der Waals surface area (Å²) in [6, 6.07) is 10.8. The van der Waals surface area contributed by atoms with Crippen molar-refractivity contribution in [1.29, 1.82) is 0 Å². The van der Waals surface area contributed by atoms with Crippen LogP contribution in [0.5, 0.6) is 0 Å². The highest BCUT2D eigenvalue weighted by Crippen LogP contribution is 2.26. The zero-order chi connectivity index (χ0) is 19.5. The summed E-state index contributed by atoms with van der Waals surface area (Å²) in [5.74, 6) is -0.171. The van der Waals surface area contributed by atoms with Crippen molar-refractivity contribution in [1.82, 2.24) is 14.7 Å². The number of amides is 1. The van der Waals surface area contributed by atoms with Crippen LogP contribution in [0.15, 0.2) is 59.4 Å². The molecule has 0 spiro atoms. The monoisotopic (exact) mass is 394 g/mol. The van der Waals surface area contributed by atoms with Gasteiger partial charge in [-0.1, -0.05) is 29.8 Å². The highest BCUT2D eigenvalue weighted by atomic mass is 35.5. The maximum atomic E-state index is 12.5. The number of aromatic nitrogens is 2. The Balaban J connectivity index is 1.58. The molecule has 0 saturated heterocycles. The Hall–Kier alpha value is -2.96. The number of pyridine rings is 1. The second-order valence-electron chi connectivity index (χ2n) is 6.47. The number of nitrogens with zero attached hydrogens (tertiary/aromatic N) is 3. The second-order valence-corrected chi connectivity index (χ2v) is 6.90. The first kappa shape index (κ1) is 18.4. The minimum absolute atomic E-state index is 0.171. The molecule has 1 aliphatic heterocycles. The van der Waals surface area contributed by atoms with Crippen molar-refractivity contribution in [2.45, 2.75) is 19.4 Å². The predicted octanol–water partition coefficient (Wildman–Crippen LogP) is 3.63. The van der Waals surface area contributed by atoms with E-state index < -0.39 is 0 Å². The van der Waals surface area contributed by atoms with Gasteiger partial charge in [0.25, 0.3) is 5.91 Å². The van der Waals surface area contributed by atoms with Crippen LogP contribution in [0, 0.1) is 0 Å². The number of carbonyl (C=O) groups is 1. The van der Waals surface area contributed by atoms with Crippen LogP contribution in [0.25, 0.3) is 16.9 Å². The van der Waals surface area contributed by atoms with Crippen molar-refractivity contribution in [2.24, 2.45) is 4.99 Å². The standard InChI is InChI=1S/C21H19ClN4O2/c22-16-6-3-14(4-7-16)20-18(13-27)26-12-15(5-8-19(26)25-20)21(28)24-11-9-17-2-1-10-23-17/h2-8,10,12,27H,1,9,11,13H2,(H,24,28). The first-order chi connectivity index (χ1) is 13.7. The van der Waals surface area contributed by atoms with Gasteiger partial charge >= 0.3 is 0 Å². The fourth-order valence-electron chi connectivity index (χ4n) is 3.20. The Kier molecular flexibility index (Phi) is 5.23. The SMILES string of the molecule is O=C(NCCC1=CCC=N1)c1ccc2nc(-c3ccc(Cl)cc3)c(CO)n2c1. The van der Waals surface area contributed by atoms with Gasteiger partial charge in [0, 0.05) is 48.1 Å². The molecule has 2 aromatic heterocycles. The molecule has 0 saturated carbocycles. The maximum absolute atomic E-state index is 12.5. The number of nitrogens with one attached hydrogen (secondary N) is 1. The number of rotatable bonds is 6. The Labute approximate surface area is 167 Å². The molecule has 1 amide bonds. The summed E-state index contributed by atoms with van der Waals surface area (Å²) in [5, 5.41) is 13.4. The van der Waals surface area contributed by atoms with Crippen molar-refractivity contribution < 1.29 is 9.90 Å². The van der Waals surface area contributed by atoms with E-state index in [2.05, 4.69) is 21.4 Å². The molecule has 3 aromatic rings. The van der Waals surface area contributed by atoms with Crippen LogP contribution in [0.4, 0.5) is 0 Å². The molecule has 6 nitrogen and oxygen atoms in total. The van der Waals surface area contributed by atoms with Crippen LogP contribution >= 0.6 is 11.6 Å². The number of aliphatic imine (C=N–C) groups is 1. The summed E-state index contributed by atoms with van der Waals surface area (Å²) in [6.07, 6.45) is 7.18. The van der Waals surface area contributed by atoms with Gasteiger partial charge in [-0.15, -0.1) is 0 Å². The van der Waals surface area contributed by atoms with Crippen LogP contribution in [-0.2, 0) is 6.61 Å². The van der Waals surface area contributed by atoms with Gasteiger partial charge in [-0.25, -0.2) is 4.98 Å². The lowest BCUT2D eigenvalue weighted by atomic mass is 10.1. The second kappa shape index (κ2) is 7.96. The number of aliphatic hydroxyl groups is 1. The predicted molar refractivity (Wildman–Crippen MR) is 110 cm³/mol. The number of carbonyl (C=O) groups excluding carboxylic acids is 1. The molecule has 0 unspecified atom stereocenters. The Morgan fingerprint density at radius 2 is 2.04 bits per heavy atom. The normalized spacial score (nSPS) is 13.1. The van der Waals surface area contributed by atoms with E-state index in [-0.39, 0.29) is 12.5 Å². The third-order valence-electron chi connectivity index (χ3n) is 4.63. The lowest BCUT2D eigenvalue weighted by molar-refractivity contribution is 0.0953. The minimum atomic E-state index is -0.198. The minimum Gasteiger partial charge on any atom is -0.390 e. The lowest BCUT2D eigenvalue weighted by Gasteiger charge is -2.07. The summed E-state index contributed by atoms with van der Waals surface area (Å²) in [7, 11) is 0. The maximum Gasteiger partial charge on any atom is 0.252 e. The van der Waals surface area contributed by atoms with Crippen molar-refractivity contribution in [3.8, 4) is 11.3 Å². The summed E-state index contributed by atoms with van der Waals surface area (Å²) < 4.78 is 1.75. The van der Waals surface area contributed by atoms with Crippen molar-refractivity contribution in [3.05, 3.63) is 70.6 Å². The summed E-state index contributed by atoms with van der Waals surface area (Å²) in [4.78, 5) is 21.3. The number of imidazole rings is 1. The van der Waals surface area contributed by atoms with Gasteiger partial charge in [-0.3, -0.25) is 9.79 Å². The van der Waals surface area contributed by atoms with Crippen molar-refractivity contribution in [2.75, 3.05) is 6.54 Å². The van der Waals surface area contributed by atoms with Gasteiger partial charge < -0.3 is 14.8 Å². The summed E-state index contributed by atoms with van der Waals surface area (Å²) in [6.45, 7) is 0.323. The van der Waals surface area contributed by atoms with E-state index in [1.165, 1.54) is 0 Å². The quantitative estimate of drug-likeness (QED) is 0.670. The molecule has 1 aromatic carbocycles. The summed E-state index contributed by atoms with van der Waals surface area (Å²) >= 11 is 5.96. The molecule has 28 heavy (non-hydrogen) atoms. The fraction of sp³-hybridized carbons (Fsp3) is 0.190. The number of fused-ring (bicyclic) bond motifs is 1. The smallest absolute Gasteiger partial charge is 0.252 e. The van der Waals surface area contributed by atoms with Gasteiger partial charge in [0.15, 0.2) is 0 Å². The number of allylic oxidation sites excluding steroid dienone is 1. The highest BCUT2D eigenvalue weighted by molar-refractivity contribution is 6.30. The molecule has 0 bridgehead atoms. The van der Waals surface area contributed by atoms with Crippen LogP contribution in [-0.4, -0.2) is 33.2 Å². The number of hydrogen-bond donors (Lipinski definition) is 2. The highest BCUT2D eigenvalue weighted by Gasteiger charge is 2.15. The van der Waals surface area contributed by atoms with E-state index in [0.717, 1.165) is 17.7 Å². The van der Waals surface area contributed by atoms with Crippen molar-refractivity contribution >= 4 is 29.4 Å². The largest absolute Gasteiger partial charge is 0.390 e. The van der Waals surface area contributed by atoms with Crippen LogP contribution in [0.3, 0.4) is 0 Å². The molecule has 0 atom stereocenters. The van der Waals surface area contributed by atoms with Gasteiger partial charge in [-0.2, -0.15) is 0 Å². The van der Waals surface area contributed by atoms with E-state index in [1.54, 1.807) is 34.9 Å². The molecule has 4 rings (SSSR count). The third kappa shape index (κ3) is 3.69. The first-order valence-electron chi connectivity index (χ1n) is 9.03. The van der Waals surface area contributed by atoms with Crippen LogP contribution in [0.1, 0.15) is 28.9 Å². The lowest BCUT2D eigenvalue weighted by Crippen LogP contribution is -2.24. The third-order valence-corrected chi connectivity index (χ3v) is 4.88. The number of hydrogen-bond acceptors (Lipinski definition) is 4. The zero-order valence-electron chi connectivity index (χ0n) is 15.1. The van der Waals surface area contributed by atoms with Gasteiger partial charge in [-0.05, 0) is 24.3 Å². The van der Waals surface area contributed by atoms with Gasteiger partial charge in [0.1, 0.15) is 5.65 Å². The van der Waals surface area contributed by atoms with E-state index >= 15 is 0 Å². The average Bonchev–Trinajstić information content (AvgIpc) is 3.35. The molecule has 1 aliphatic rings. The molecule has 0 fully saturated rings. The fourth-order valence-corrected chi connectivity index (χ4v) is 3.33. The molecular weight excluding hydrogens is 376 g/mol. The molecule has 142 valence electrons. The van der Waals surface area contributed by atoms with E-state index in [9.17, 15) is 9.90 Å². The molecular formula is C21H19ClN4O2. The number of aliphatic hydroxyl groups excluding tert-OH is 1. The van der Waals surface area contributed by atoms with E-state index in [1.807, 2.05) is 18.3 Å². The Morgan fingerprint density at radius 3 is 2.75 bits per heavy atom. The van der Waals surface area contributed by atoms with Crippen LogP contribution in [0.2, 0.25) is 5.02 Å². The van der Waals surface area contributed by atoms with E-state index in [0.29, 0.717) is 40.6 Å². The van der Waals surface area contributed by atoms with Gasteiger partial charge in [0.2, 0.25) is 0 Å². The molecule has 2 N–H and O–H groups in total. The Bertz CT molecular complexity index is 1080. The topological polar surface area (TPSA) is 79.0 Å². The Morgan fingerprint density at radius 1 is 1.21 bits per heavy atom. The van der Waals surface area contributed by atoms with E-state index in [4.69, 9.17) is 11.6 Å². The van der Waals surface area contributed by atoms with Gasteiger partial charge in [0.05, 0.1) is 23.6 Å². The first-order valence-corrected chi connectivity index (χ1v) is 9.41. The number of halogens is 1. The molecule has 7 heteroatoms. The molecule has 3 heterocycles. The van der Waals surface area contributed by atoms with Crippen LogP contribution < -0.4 is 5.32 Å².